The predicted molar refractivity (Wildman–Crippen MR) is 127 cm³/mol. The number of H-pyrrole nitrogens is 1. The molecule has 2 amide bonds. The molecule has 32 heavy (non-hydrogen) atoms. The minimum absolute atomic E-state index is 0.0261. The van der Waals surface area contributed by atoms with Crippen LogP contribution in [0.4, 0.5) is 0 Å². The fraction of sp³-hybridized carbons (Fsp3) is 0.407. The lowest BCUT2D eigenvalue weighted by atomic mass is 9.76. The van der Waals surface area contributed by atoms with E-state index in [1.54, 1.807) is 4.90 Å². The highest BCUT2D eigenvalue weighted by molar-refractivity contribution is 6.01. The number of nitrogens with one attached hydrogen (secondary N) is 1. The van der Waals surface area contributed by atoms with Crippen LogP contribution in [0.1, 0.15) is 61.9 Å². The number of fused-ring (bicyclic) bond motifs is 5. The summed E-state index contributed by atoms with van der Waals surface area (Å²) < 4.78 is 0. The molecule has 0 spiro atoms. The van der Waals surface area contributed by atoms with Crippen molar-refractivity contribution in [1.82, 2.24) is 14.8 Å². The van der Waals surface area contributed by atoms with Crippen LogP contribution < -0.4 is 0 Å². The number of aromatic nitrogens is 1. The van der Waals surface area contributed by atoms with E-state index in [1.807, 2.05) is 24.0 Å². The van der Waals surface area contributed by atoms with E-state index in [9.17, 15) is 9.59 Å². The van der Waals surface area contributed by atoms with E-state index in [-0.39, 0.29) is 24.3 Å². The molecule has 0 unspecified atom stereocenters. The first-order chi connectivity index (χ1) is 15.5. The largest absolute Gasteiger partial charge is 0.356 e. The molecule has 3 aromatic rings. The first-order valence-corrected chi connectivity index (χ1v) is 11.8. The molecule has 0 aliphatic carbocycles. The van der Waals surface area contributed by atoms with E-state index < -0.39 is 5.54 Å². The maximum atomic E-state index is 13.8. The molecule has 1 aromatic heterocycles. The summed E-state index contributed by atoms with van der Waals surface area (Å²) in [5, 5.41) is 1.14. The maximum absolute atomic E-state index is 13.8. The van der Waals surface area contributed by atoms with Crippen molar-refractivity contribution in [3.05, 3.63) is 70.9 Å². The number of carbonyl (C=O) groups is 2. The Labute approximate surface area is 189 Å². The molecular formula is C27H31N3O2. The van der Waals surface area contributed by atoms with Crippen LogP contribution in [0.2, 0.25) is 0 Å². The second-order valence-corrected chi connectivity index (χ2v) is 9.26. The van der Waals surface area contributed by atoms with Crippen LogP contribution >= 0.6 is 0 Å². The number of nitrogens with zero attached hydrogens (tertiary/aromatic N) is 2. The molecule has 5 heteroatoms. The smallest absolute Gasteiger partial charge is 0.254 e. The SMILES string of the molecule is CCCCN1CC(=O)N2C[C@@H](c3ccc(CC)cc3)c3c([nH]c4ccccc34)[C@]2(C)C1=O. The zero-order chi connectivity index (χ0) is 22.5. The van der Waals surface area contributed by atoms with Crippen LogP contribution in [0.3, 0.4) is 0 Å². The number of aryl methyl sites for hydroxylation is 1. The van der Waals surface area contributed by atoms with Gasteiger partial charge in [0.05, 0.1) is 12.2 Å². The number of amides is 2. The highest BCUT2D eigenvalue weighted by Gasteiger charge is 2.56. The van der Waals surface area contributed by atoms with Crippen molar-refractivity contribution in [3.8, 4) is 0 Å². The first kappa shape index (κ1) is 20.8. The van der Waals surface area contributed by atoms with Crippen LogP contribution in [0, 0.1) is 0 Å². The molecule has 2 aliphatic rings. The fourth-order valence-electron chi connectivity index (χ4n) is 5.49. The predicted octanol–water partition coefficient (Wildman–Crippen LogP) is 4.56. The number of piperazine rings is 1. The van der Waals surface area contributed by atoms with Crippen LogP contribution in [-0.2, 0) is 21.5 Å². The van der Waals surface area contributed by atoms with Gasteiger partial charge in [0.1, 0.15) is 0 Å². The summed E-state index contributed by atoms with van der Waals surface area (Å²) in [5.74, 6) is 0.0832. The van der Waals surface area contributed by atoms with Crippen molar-refractivity contribution < 1.29 is 9.59 Å². The Bertz CT molecular complexity index is 1180. The quantitative estimate of drug-likeness (QED) is 0.646. The number of benzene rings is 2. The summed E-state index contributed by atoms with van der Waals surface area (Å²) in [5.41, 5.74) is 4.52. The molecule has 5 rings (SSSR count). The number of hydrogen-bond donors (Lipinski definition) is 1. The molecular weight excluding hydrogens is 398 g/mol. The lowest BCUT2D eigenvalue weighted by molar-refractivity contribution is -0.166. The zero-order valence-corrected chi connectivity index (χ0v) is 19.1. The molecule has 1 fully saturated rings. The average molecular weight is 430 g/mol. The van der Waals surface area contributed by atoms with Gasteiger partial charge in [-0.05, 0) is 42.5 Å². The van der Waals surface area contributed by atoms with Gasteiger partial charge in [0.15, 0.2) is 5.54 Å². The van der Waals surface area contributed by atoms with E-state index >= 15 is 0 Å². The highest BCUT2D eigenvalue weighted by atomic mass is 16.2. The number of unbranched alkanes of at least 4 members (excludes halogenated alkanes) is 1. The zero-order valence-electron chi connectivity index (χ0n) is 19.1. The van der Waals surface area contributed by atoms with E-state index in [0.717, 1.165) is 41.4 Å². The summed E-state index contributed by atoms with van der Waals surface area (Å²) >= 11 is 0. The minimum Gasteiger partial charge on any atom is -0.356 e. The Hall–Kier alpha value is -3.08. The van der Waals surface area contributed by atoms with Crippen LogP contribution in [-0.4, -0.2) is 46.2 Å². The Morgan fingerprint density at radius 3 is 2.53 bits per heavy atom. The van der Waals surface area contributed by atoms with Crippen molar-refractivity contribution in [2.24, 2.45) is 0 Å². The Kier molecular flexibility index (Phi) is 5.07. The normalized spacial score (nSPS) is 22.9. The molecule has 1 N–H and O–H groups in total. The first-order valence-electron chi connectivity index (χ1n) is 11.8. The molecule has 1 saturated heterocycles. The van der Waals surface area contributed by atoms with Crippen LogP contribution in [0.25, 0.3) is 10.9 Å². The number of rotatable bonds is 5. The summed E-state index contributed by atoms with van der Waals surface area (Å²) in [6.07, 6.45) is 2.89. The number of hydrogen-bond acceptors (Lipinski definition) is 2. The van der Waals surface area contributed by atoms with Gasteiger partial charge in [-0.2, -0.15) is 0 Å². The van der Waals surface area contributed by atoms with Gasteiger partial charge in [-0.15, -0.1) is 0 Å². The topological polar surface area (TPSA) is 56.4 Å². The Morgan fingerprint density at radius 2 is 1.81 bits per heavy atom. The lowest BCUT2D eigenvalue weighted by Crippen LogP contribution is -2.67. The second-order valence-electron chi connectivity index (χ2n) is 9.26. The monoisotopic (exact) mass is 429 g/mol. The van der Waals surface area contributed by atoms with Crippen molar-refractivity contribution in [2.45, 2.75) is 51.5 Å². The summed E-state index contributed by atoms with van der Waals surface area (Å²) in [6.45, 7) is 7.50. The molecule has 0 saturated carbocycles. The highest BCUT2D eigenvalue weighted by Crippen LogP contribution is 2.48. The van der Waals surface area contributed by atoms with Gasteiger partial charge in [-0.3, -0.25) is 9.59 Å². The molecule has 166 valence electrons. The van der Waals surface area contributed by atoms with Gasteiger partial charge in [0.2, 0.25) is 5.91 Å². The third kappa shape index (κ3) is 2.98. The van der Waals surface area contributed by atoms with Crippen molar-refractivity contribution >= 4 is 22.7 Å². The van der Waals surface area contributed by atoms with Crippen LogP contribution in [0.15, 0.2) is 48.5 Å². The third-order valence-electron chi connectivity index (χ3n) is 7.39. The van der Waals surface area contributed by atoms with Gasteiger partial charge in [-0.1, -0.05) is 62.7 Å². The van der Waals surface area contributed by atoms with E-state index in [1.165, 1.54) is 11.1 Å². The van der Waals surface area contributed by atoms with E-state index in [4.69, 9.17) is 0 Å². The number of aromatic amines is 1. The summed E-state index contributed by atoms with van der Waals surface area (Å²) in [6, 6.07) is 17.0. The molecule has 5 nitrogen and oxygen atoms in total. The van der Waals surface area contributed by atoms with Crippen LogP contribution in [0.5, 0.6) is 0 Å². The van der Waals surface area contributed by atoms with Crippen molar-refractivity contribution in [2.75, 3.05) is 19.6 Å². The van der Waals surface area contributed by atoms with Gasteiger partial charge in [0, 0.05) is 29.9 Å². The molecule has 3 heterocycles. The molecule has 2 aromatic carbocycles. The molecule has 0 radical (unpaired) electrons. The lowest BCUT2D eigenvalue weighted by Gasteiger charge is -2.51. The summed E-state index contributed by atoms with van der Waals surface area (Å²) in [4.78, 5) is 34.3. The summed E-state index contributed by atoms with van der Waals surface area (Å²) in [7, 11) is 0. The van der Waals surface area contributed by atoms with Gasteiger partial charge in [0.25, 0.3) is 5.91 Å². The fourth-order valence-corrected chi connectivity index (χ4v) is 5.49. The van der Waals surface area contributed by atoms with Crippen molar-refractivity contribution in [3.63, 3.8) is 0 Å². The number of carbonyl (C=O) groups excluding carboxylic acids is 2. The molecule has 2 aliphatic heterocycles. The van der Waals surface area contributed by atoms with Crippen molar-refractivity contribution in [1.29, 1.82) is 0 Å². The minimum atomic E-state index is -1.00. The maximum Gasteiger partial charge on any atom is 0.254 e. The second kappa shape index (κ2) is 7.80. The van der Waals surface area contributed by atoms with E-state index in [2.05, 4.69) is 55.2 Å². The Balaban J connectivity index is 1.70. The molecule has 2 atom stereocenters. The number of para-hydroxylation sites is 1. The van der Waals surface area contributed by atoms with Gasteiger partial charge >= 0.3 is 0 Å². The average Bonchev–Trinajstić information content (AvgIpc) is 3.21. The Morgan fingerprint density at radius 1 is 1.06 bits per heavy atom. The standard InChI is InChI=1S/C27H31N3O2/c1-4-6-15-29-17-23(31)30-16-21(19-13-11-18(5-2)12-14-19)24-20-9-7-8-10-22(20)28-25(24)27(30,3)26(29)32/h7-14,21,28H,4-6,15-17H2,1-3H3/t21-,27+/m0/s1. The van der Waals surface area contributed by atoms with Gasteiger partial charge in [-0.25, -0.2) is 0 Å². The van der Waals surface area contributed by atoms with E-state index in [0.29, 0.717) is 13.1 Å². The van der Waals surface area contributed by atoms with Gasteiger partial charge < -0.3 is 14.8 Å². The molecule has 0 bridgehead atoms. The third-order valence-corrected chi connectivity index (χ3v) is 7.39.